The summed E-state index contributed by atoms with van der Waals surface area (Å²) in [6, 6.07) is 14.9. The van der Waals surface area contributed by atoms with Gasteiger partial charge in [-0.15, -0.1) is 0 Å². The van der Waals surface area contributed by atoms with Crippen LogP contribution in [-0.2, 0) is 20.7 Å². The summed E-state index contributed by atoms with van der Waals surface area (Å²) >= 11 is 0. The number of hydrogen-bond acceptors (Lipinski definition) is 4. The number of esters is 1. The number of likely N-dealkylation sites (tertiary alicyclic amines) is 1. The lowest BCUT2D eigenvalue weighted by atomic mass is 9.90. The van der Waals surface area contributed by atoms with Crippen molar-refractivity contribution in [2.24, 2.45) is 11.8 Å². The molecule has 0 saturated carbocycles. The Morgan fingerprint density at radius 2 is 1.67 bits per heavy atom. The maximum Gasteiger partial charge on any atom is 0.329 e. The van der Waals surface area contributed by atoms with Crippen LogP contribution >= 0.6 is 0 Å². The van der Waals surface area contributed by atoms with E-state index in [4.69, 9.17) is 4.74 Å². The monoisotopic (exact) mass is 454 g/mol. The van der Waals surface area contributed by atoms with Crippen LogP contribution in [0.15, 0.2) is 54.6 Å². The Bertz CT molecular complexity index is 956. The molecule has 1 fully saturated rings. The van der Waals surface area contributed by atoms with Crippen molar-refractivity contribution < 1.29 is 23.5 Å². The molecule has 2 aromatic carbocycles. The third kappa shape index (κ3) is 6.88. The first kappa shape index (κ1) is 24.4. The third-order valence-electron chi connectivity index (χ3n) is 6.00. The Hall–Kier alpha value is -3.22. The van der Waals surface area contributed by atoms with Crippen LogP contribution in [0.4, 0.5) is 4.39 Å². The van der Waals surface area contributed by atoms with E-state index in [-0.39, 0.29) is 24.0 Å². The zero-order valence-corrected chi connectivity index (χ0v) is 19.1. The van der Waals surface area contributed by atoms with Gasteiger partial charge in [0.25, 0.3) is 11.8 Å². The summed E-state index contributed by atoms with van der Waals surface area (Å²) < 4.78 is 19.1. The van der Waals surface area contributed by atoms with Crippen molar-refractivity contribution in [2.45, 2.75) is 39.2 Å². The van der Waals surface area contributed by atoms with Crippen molar-refractivity contribution in [3.63, 3.8) is 0 Å². The van der Waals surface area contributed by atoms with Crippen molar-refractivity contribution in [3.05, 3.63) is 71.5 Å². The molecule has 0 radical (unpaired) electrons. The summed E-state index contributed by atoms with van der Waals surface area (Å²) in [5, 5.41) is 2.53. The maximum atomic E-state index is 13.9. The SMILES string of the molecule is CC(C)[C@H](NC(=O)c1ccccc1F)C(=O)OCC(=O)N1CCC(Cc2ccccc2)CC1. The molecule has 0 aromatic heterocycles. The van der Waals surface area contributed by atoms with Crippen molar-refractivity contribution in [1.82, 2.24) is 10.2 Å². The van der Waals surface area contributed by atoms with Gasteiger partial charge < -0.3 is 15.0 Å². The van der Waals surface area contributed by atoms with E-state index in [1.54, 1.807) is 24.8 Å². The van der Waals surface area contributed by atoms with E-state index in [1.165, 1.54) is 23.8 Å². The smallest absolute Gasteiger partial charge is 0.329 e. The highest BCUT2D eigenvalue weighted by Crippen LogP contribution is 2.22. The van der Waals surface area contributed by atoms with Crippen LogP contribution in [0.1, 0.15) is 42.6 Å². The lowest BCUT2D eigenvalue weighted by molar-refractivity contribution is -0.155. The molecule has 2 amide bonds. The summed E-state index contributed by atoms with van der Waals surface area (Å²) in [5.41, 5.74) is 1.15. The van der Waals surface area contributed by atoms with Crippen molar-refractivity contribution >= 4 is 17.8 Å². The van der Waals surface area contributed by atoms with E-state index < -0.39 is 23.7 Å². The van der Waals surface area contributed by atoms with Gasteiger partial charge in [0.1, 0.15) is 11.9 Å². The Labute approximate surface area is 194 Å². The second-order valence-corrected chi connectivity index (χ2v) is 8.80. The molecule has 2 aromatic rings. The predicted octanol–water partition coefficient (Wildman–Crippen LogP) is 3.60. The van der Waals surface area contributed by atoms with Gasteiger partial charge in [-0.05, 0) is 48.8 Å². The van der Waals surface area contributed by atoms with Crippen LogP contribution in [0.5, 0.6) is 0 Å². The lowest BCUT2D eigenvalue weighted by Crippen LogP contribution is -2.47. The average Bonchev–Trinajstić information content (AvgIpc) is 2.82. The molecular weight excluding hydrogens is 423 g/mol. The zero-order valence-electron chi connectivity index (χ0n) is 19.1. The Morgan fingerprint density at radius 3 is 2.30 bits per heavy atom. The van der Waals surface area contributed by atoms with Crippen LogP contribution in [-0.4, -0.2) is 48.4 Å². The highest BCUT2D eigenvalue weighted by Gasteiger charge is 2.29. The van der Waals surface area contributed by atoms with Crippen LogP contribution in [0.3, 0.4) is 0 Å². The largest absolute Gasteiger partial charge is 0.454 e. The number of rotatable bonds is 8. The minimum Gasteiger partial charge on any atom is -0.454 e. The molecule has 0 spiro atoms. The molecule has 176 valence electrons. The standard InChI is InChI=1S/C26H31FN2O4/c1-18(2)24(28-25(31)21-10-6-7-11-22(21)27)26(32)33-17-23(30)29-14-12-20(13-15-29)16-19-8-4-3-5-9-19/h3-11,18,20,24H,12-17H2,1-2H3,(H,28,31)/t24-/m0/s1. The molecule has 1 heterocycles. The highest BCUT2D eigenvalue weighted by atomic mass is 19.1. The van der Waals surface area contributed by atoms with Crippen molar-refractivity contribution in [3.8, 4) is 0 Å². The second-order valence-electron chi connectivity index (χ2n) is 8.80. The summed E-state index contributed by atoms with van der Waals surface area (Å²) in [4.78, 5) is 39.3. The number of halogens is 1. The van der Waals surface area contributed by atoms with Gasteiger partial charge in [0.15, 0.2) is 6.61 Å². The Balaban J connectivity index is 1.46. The minimum absolute atomic E-state index is 0.148. The fourth-order valence-corrected chi connectivity index (χ4v) is 4.01. The molecule has 1 atom stereocenters. The summed E-state index contributed by atoms with van der Waals surface area (Å²) in [6.07, 6.45) is 2.80. The molecule has 0 bridgehead atoms. The number of ether oxygens (including phenoxy) is 1. The summed E-state index contributed by atoms with van der Waals surface area (Å²) in [5.74, 6) is -2.09. The van der Waals surface area contributed by atoms with E-state index in [0.717, 1.165) is 19.3 Å². The Kier molecular flexibility index (Phi) is 8.58. The average molecular weight is 455 g/mol. The van der Waals surface area contributed by atoms with Crippen LogP contribution in [0, 0.1) is 17.7 Å². The summed E-state index contributed by atoms with van der Waals surface area (Å²) in [7, 11) is 0. The van der Waals surface area contributed by atoms with E-state index in [9.17, 15) is 18.8 Å². The number of carbonyl (C=O) groups excluding carboxylic acids is 3. The normalized spacial score (nSPS) is 15.2. The molecular formula is C26H31FN2O4. The number of benzene rings is 2. The quantitative estimate of drug-likeness (QED) is 0.619. The van der Waals surface area contributed by atoms with Crippen LogP contribution in [0.25, 0.3) is 0 Å². The van der Waals surface area contributed by atoms with Crippen LogP contribution < -0.4 is 5.32 Å². The number of amides is 2. The molecule has 1 aliphatic rings. The molecule has 0 unspecified atom stereocenters. The number of nitrogens with one attached hydrogen (secondary N) is 1. The molecule has 6 nitrogen and oxygen atoms in total. The lowest BCUT2D eigenvalue weighted by Gasteiger charge is -2.32. The molecule has 1 N–H and O–H groups in total. The van der Waals surface area contributed by atoms with E-state index >= 15 is 0 Å². The number of piperidine rings is 1. The van der Waals surface area contributed by atoms with Crippen LogP contribution in [0.2, 0.25) is 0 Å². The van der Waals surface area contributed by atoms with Gasteiger partial charge in [-0.3, -0.25) is 9.59 Å². The predicted molar refractivity (Wildman–Crippen MR) is 123 cm³/mol. The first-order valence-electron chi connectivity index (χ1n) is 11.4. The first-order valence-corrected chi connectivity index (χ1v) is 11.4. The first-order chi connectivity index (χ1) is 15.8. The minimum atomic E-state index is -0.985. The number of carbonyl (C=O) groups is 3. The van der Waals surface area contributed by atoms with E-state index in [1.807, 2.05) is 18.2 Å². The third-order valence-corrected chi connectivity index (χ3v) is 6.00. The van der Waals surface area contributed by atoms with E-state index in [2.05, 4.69) is 17.4 Å². The van der Waals surface area contributed by atoms with Gasteiger partial charge in [0, 0.05) is 13.1 Å². The van der Waals surface area contributed by atoms with Gasteiger partial charge >= 0.3 is 5.97 Å². The van der Waals surface area contributed by atoms with Gasteiger partial charge in [-0.25, -0.2) is 9.18 Å². The van der Waals surface area contributed by atoms with Crippen molar-refractivity contribution in [2.75, 3.05) is 19.7 Å². The molecule has 1 saturated heterocycles. The van der Waals surface area contributed by atoms with E-state index in [0.29, 0.717) is 19.0 Å². The van der Waals surface area contributed by atoms with Gasteiger partial charge in [0.2, 0.25) is 0 Å². The van der Waals surface area contributed by atoms with Gasteiger partial charge in [-0.2, -0.15) is 0 Å². The number of nitrogens with zero attached hydrogens (tertiary/aromatic N) is 1. The molecule has 33 heavy (non-hydrogen) atoms. The molecule has 0 aliphatic carbocycles. The molecule has 7 heteroatoms. The Morgan fingerprint density at radius 1 is 1.03 bits per heavy atom. The van der Waals surface area contributed by atoms with Crippen molar-refractivity contribution in [1.29, 1.82) is 0 Å². The van der Waals surface area contributed by atoms with Gasteiger partial charge in [0.05, 0.1) is 5.56 Å². The fraction of sp³-hybridized carbons (Fsp3) is 0.423. The maximum absolute atomic E-state index is 13.9. The fourth-order valence-electron chi connectivity index (χ4n) is 4.01. The number of hydrogen-bond donors (Lipinski definition) is 1. The molecule has 1 aliphatic heterocycles. The summed E-state index contributed by atoms with van der Waals surface area (Å²) in [6.45, 7) is 4.37. The zero-order chi connectivity index (χ0) is 23.8. The topological polar surface area (TPSA) is 75.7 Å². The van der Waals surface area contributed by atoms with Gasteiger partial charge in [-0.1, -0.05) is 56.3 Å². The second kappa shape index (κ2) is 11.6. The molecule has 3 rings (SSSR count). The highest BCUT2D eigenvalue weighted by molar-refractivity contribution is 5.97.